The number of hydrogen-bond acceptors (Lipinski definition) is 25. The molecule has 4 unspecified atom stereocenters. The maximum atomic E-state index is 16.3. The van der Waals surface area contributed by atoms with Crippen LogP contribution in [0.2, 0.25) is 0 Å². The monoisotopic (exact) mass is 1850 g/mol. The number of alkyl halides is 6. The maximum Gasteiger partial charge on any atom is 0.573 e. The first kappa shape index (κ1) is 113. The number of ether oxygens (including phenoxy) is 25. The van der Waals surface area contributed by atoms with Crippen molar-refractivity contribution in [2.24, 2.45) is 23.7 Å². The number of hydrogen-bond donors (Lipinski definition) is 0. The summed E-state index contributed by atoms with van der Waals surface area (Å²) in [5, 5.41) is 0. The van der Waals surface area contributed by atoms with E-state index in [4.69, 9.17) is 118 Å². The second-order valence-electron chi connectivity index (χ2n) is 35.9. The fraction of sp³-hybridized carbons (Fsp3) is 0.755. The third-order valence-electron chi connectivity index (χ3n) is 18.6. The van der Waals surface area contributed by atoms with Crippen LogP contribution in [0.25, 0.3) is 0 Å². The number of benzene rings is 4. The molecule has 0 fully saturated rings. The lowest BCUT2D eigenvalue weighted by atomic mass is 10.0. The molecule has 4 aromatic rings. The Hall–Kier alpha value is -8.06. The summed E-state index contributed by atoms with van der Waals surface area (Å²) in [4.78, 5) is 0. The third kappa shape index (κ3) is 34.5. The van der Waals surface area contributed by atoms with Gasteiger partial charge in [-0.3, -0.25) is 0 Å². The minimum absolute atomic E-state index is 0.0559. The zero-order chi connectivity index (χ0) is 97.0. The van der Waals surface area contributed by atoms with Crippen molar-refractivity contribution in [2.45, 2.75) is 371 Å². The lowest BCUT2D eigenvalue weighted by Crippen LogP contribution is -2.52. The van der Waals surface area contributed by atoms with E-state index in [-0.39, 0.29) is 173 Å². The van der Waals surface area contributed by atoms with E-state index in [0.29, 0.717) is 77.0 Å². The smallest absolute Gasteiger partial charge is 0.490 e. The number of rotatable bonds is 66. The van der Waals surface area contributed by atoms with E-state index in [2.05, 4.69) is 0 Å². The molecule has 31 heteroatoms. The molecular weight excluding hydrogens is 1690 g/mol. The van der Waals surface area contributed by atoms with Gasteiger partial charge >= 0.3 is 24.7 Å². The highest BCUT2D eigenvalue weighted by molar-refractivity contribution is 5.78. The van der Waals surface area contributed by atoms with Gasteiger partial charge in [-0.25, -0.2) is 4.74 Å². The summed E-state index contributed by atoms with van der Waals surface area (Å²) in [6, 6.07) is 0. The Morgan fingerprint density at radius 1 is 0.256 bits per heavy atom. The number of halogens is 6. The van der Waals surface area contributed by atoms with Gasteiger partial charge in [0.05, 0.1) is 118 Å². The quantitative estimate of drug-likeness (QED) is 0.0227. The van der Waals surface area contributed by atoms with Gasteiger partial charge in [-0.2, -0.15) is 0 Å². The average molecular weight is 1850 g/mol. The van der Waals surface area contributed by atoms with Crippen molar-refractivity contribution < 1.29 is 145 Å². The summed E-state index contributed by atoms with van der Waals surface area (Å²) in [5.41, 5.74) is -3.53. The zero-order valence-electron chi connectivity index (χ0n) is 83.9. The molecule has 4 rings (SSSR count). The highest BCUT2D eigenvalue weighted by atomic mass is 19.4. The van der Waals surface area contributed by atoms with Crippen molar-refractivity contribution in [2.75, 3.05) is 93.5 Å². The molecule has 0 aliphatic carbocycles. The van der Waals surface area contributed by atoms with Crippen molar-refractivity contribution in [1.29, 1.82) is 0 Å². The molecule has 0 saturated carbocycles. The Bertz CT molecular complexity index is 3680. The van der Waals surface area contributed by atoms with Crippen LogP contribution in [0.1, 0.15) is 322 Å². The molecule has 0 saturated heterocycles. The maximum absolute atomic E-state index is 16.3. The van der Waals surface area contributed by atoms with Gasteiger partial charge in [-0.15, -0.1) is 26.3 Å². The van der Waals surface area contributed by atoms with Gasteiger partial charge in [0.15, 0.2) is 23.0 Å². The van der Waals surface area contributed by atoms with Crippen LogP contribution in [0.15, 0.2) is 0 Å². The van der Waals surface area contributed by atoms with Crippen LogP contribution in [0, 0.1) is 23.7 Å². The molecule has 4 atom stereocenters. The van der Waals surface area contributed by atoms with Crippen LogP contribution < -0.4 is 104 Å². The Morgan fingerprint density at radius 2 is 0.535 bits per heavy atom. The van der Waals surface area contributed by atoms with Crippen molar-refractivity contribution in [3.05, 3.63) is 11.1 Å². The first-order valence-electron chi connectivity index (χ1n) is 47.0. The fourth-order valence-electron chi connectivity index (χ4n) is 12.3. The zero-order valence-corrected chi connectivity index (χ0v) is 83.9. The third-order valence-corrected chi connectivity index (χ3v) is 18.6. The van der Waals surface area contributed by atoms with E-state index in [1.165, 1.54) is 0 Å². The Kier molecular flexibility index (Phi) is 47.6. The highest BCUT2D eigenvalue weighted by Gasteiger charge is 2.62. The highest BCUT2D eigenvalue weighted by Crippen LogP contribution is 2.69. The molecule has 744 valence electrons. The van der Waals surface area contributed by atoms with Crippen LogP contribution in [-0.4, -0.2) is 142 Å². The summed E-state index contributed by atoms with van der Waals surface area (Å²) >= 11 is 0. The van der Waals surface area contributed by atoms with E-state index in [1.807, 2.05) is 111 Å². The first-order chi connectivity index (χ1) is 60.7. The predicted octanol–water partition coefficient (Wildman–Crippen LogP) is 26.9. The standard InChI is InChI=1S/C98H160F6O25/c1-33-43-47-55-113-73-69(71(111-53-45-35-3)77(115-59-63(15)16)85(121-67(23)39-7)87(73)123-93(25,26)27)95(117-57-49-61(11)12,125-91-75(105-31)89(127-97(99,100)101)81(107-41-9)79(109-51-37-5)83(91)119-65(19)20)129-96(118-58-50-62(13)14,126-92-76(106-32)90(128-98(102,103)104)82(108-42-10)80(110-52-38-6)84(92)120-66(21)22)70-72(112-54-46-36-4)78(116-60-64(17)18)86(122-68(24)40-8)88(124-94(28,29)30)74(70)114-56-48-44-34-2/h61-68H,33-60H2,1-32H3. The van der Waals surface area contributed by atoms with E-state index in [0.717, 1.165) is 14.2 Å². The summed E-state index contributed by atoms with van der Waals surface area (Å²) in [7, 11) is 2.14. The van der Waals surface area contributed by atoms with E-state index >= 15 is 26.3 Å². The SMILES string of the molecule is CCCCCOc1c(OC(C)(C)C)c(OC(C)CC)c(OCC(C)C)c(OCCCC)c1C(OCCC(C)C)(Oc1c(OC)c(OC(F)(F)F)c(OCC)c(OCCC)c1OC(C)C)OC(OCCC(C)C)(Oc1c(OC)c(OC(F)(F)F)c(OCC)c(OCCC)c1OC(C)C)c1c(OCCCC)c(OCC(C)C)c(OC(C)CC)c(OC(C)(C)C)c1OCCCCC. The molecule has 0 radical (unpaired) electrons. The van der Waals surface area contributed by atoms with Gasteiger partial charge < -0.3 is 114 Å². The second-order valence-corrected chi connectivity index (χ2v) is 35.9. The van der Waals surface area contributed by atoms with Gasteiger partial charge in [-0.05, 0) is 185 Å². The van der Waals surface area contributed by atoms with E-state index in [1.54, 1.807) is 96.9 Å². The molecule has 0 spiro atoms. The summed E-state index contributed by atoms with van der Waals surface area (Å²) in [6.45, 7) is 52.0. The van der Waals surface area contributed by atoms with Crippen LogP contribution in [0.3, 0.4) is 0 Å². The molecule has 0 aliphatic rings. The molecule has 4 aromatic carbocycles. The van der Waals surface area contributed by atoms with Crippen molar-refractivity contribution >= 4 is 0 Å². The largest absolute Gasteiger partial charge is 0.573 e. The number of unbranched alkanes of at least 4 members (excludes halogenated alkanes) is 6. The molecule has 25 nitrogen and oxygen atoms in total. The molecular formula is C98H160F6O25. The van der Waals surface area contributed by atoms with Gasteiger partial charge in [0, 0.05) is 0 Å². The van der Waals surface area contributed by atoms with Crippen LogP contribution >= 0.6 is 0 Å². The molecule has 0 amide bonds. The molecule has 129 heavy (non-hydrogen) atoms. The molecule has 0 N–H and O–H groups in total. The minimum atomic E-state index is -5.57. The first-order valence-corrected chi connectivity index (χ1v) is 47.0. The summed E-state index contributed by atoms with van der Waals surface area (Å²) in [5.74, 6) is -19.8. The summed E-state index contributed by atoms with van der Waals surface area (Å²) < 4.78 is 277. The summed E-state index contributed by atoms with van der Waals surface area (Å²) in [6.07, 6.45) is -8.13. The van der Waals surface area contributed by atoms with Crippen molar-refractivity contribution in [3.8, 4) is 126 Å². The predicted molar refractivity (Wildman–Crippen MR) is 487 cm³/mol. The van der Waals surface area contributed by atoms with E-state index in [9.17, 15) is 0 Å². The molecule has 0 aromatic heterocycles. The van der Waals surface area contributed by atoms with Crippen molar-refractivity contribution in [3.63, 3.8) is 0 Å². The Labute approximate surface area is 766 Å². The second kappa shape index (κ2) is 54.2. The van der Waals surface area contributed by atoms with Crippen LogP contribution in [0.4, 0.5) is 26.3 Å². The number of methoxy groups -OCH3 is 2. The van der Waals surface area contributed by atoms with Gasteiger partial charge in [-0.1, -0.05) is 149 Å². The van der Waals surface area contributed by atoms with Crippen molar-refractivity contribution in [1.82, 2.24) is 0 Å². The molecule has 0 bridgehead atoms. The van der Waals surface area contributed by atoms with Gasteiger partial charge in [0.2, 0.25) is 103 Å². The Morgan fingerprint density at radius 3 is 0.798 bits per heavy atom. The normalized spacial score (nSPS) is 13.6. The van der Waals surface area contributed by atoms with Crippen LogP contribution in [0.5, 0.6) is 126 Å². The van der Waals surface area contributed by atoms with Gasteiger partial charge in [0.25, 0.3) is 0 Å². The van der Waals surface area contributed by atoms with E-state index < -0.39 is 154 Å². The Balaban J connectivity index is 3.35. The van der Waals surface area contributed by atoms with Crippen LogP contribution in [-0.2, 0) is 26.2 Å². The average Bonchev–Trinajstić information content (AvgIpc) is 0.703. The molecule has 0 heterocycles. The topological polar surface area (TPSA) is 231 Å². The van der Waals surface area contributed by atoms with Gasteiger partial charge in [0.1, 0.15) is 22.3 Å². The lowest BCUT2D eigenvalue weighted by Gasteiger charge is -2.45. The fourth-order valence-corrected chi connectivity index (χ4v) is 12.3. The lowest BCUT2D eigenvalue weighted by molar-refractivity contribution is -0.489. The molecule has 0 aliphatic heterocycles. The minimum Gasteiger partial charge on any atom is -0.490 e.